The monoisotopic (exact) mass is 168 g/mol. The molecule has 0 aromatic rings. The summed E-state index contributed by atoms with van der Waals surface area (Å²) in [6.45, 7) is 11.2. The SMILES string of the molecule is C=C(C)C(=O)O/C=C/C(C)(C)C. The van der Waals surface area contributed by atoms with E-state index in [1.807, 2.05) is 26.8 Å². The molecule has 2 heteroatoms. The molecule has 0 heterocycles. The van der Waals surface area contributed by atoms with E-state index in [1.54, 1.807) is 6.92 Å². The lowest BCUT2D eigenvalue weighted by atomic mass is 9.97. The number of carbonyl (C=O) groups is 1. The van der Waals surface area contributed by atoms with Crippen LogP contribution in [-0.4, -0.2) is 5.97 Å². The molecule has 0 bridgehead atoms. The maximum absolute atomic E-state index is 10.9. The van der Waals surface area contributed by atoms with E-state index in [1.165, 1.54) is 6.26 Å². The summed E-state index contributed by atoms with van der Waals surface area (Å²) >= 11 is 0. The van der Waals surface area contributed by atoms with Crippen LogP contribution in [0.1, 0.15) is 27.7 Å². The van der Waals surface area contributed by atoms with Crippen LogP contribution in [0.15, 0.2) is 24.5 Å². The van der Waals surface area contributed by atoms with Gasteiger partial charge in [0.15, 0.2) is 0 Å². The lowest BCUT2D eigenvalue weighted by molar-refractivity contribution is -0.133. The summed E-state index contributed by atoms with van der Waals surface area (Å²) in [5.74, 6) is -0.379. The van der Waals surface area contributed by atoms with Crippen LogP contribution < -0.4 is 0 Å². The number of ether oxygens (including phenoxy) is 1. The number of hydrogen-bond donors (Lipinski definition) is 0. The minimum atomic E-state index is -0.379. The van der Waals surface area contributed by atoms with Crippen molar-refractivity contribution in [2.24, 2.45) is 5.41 Å². The minimum absolute atomic E-state index is 0.0371. The quantitative estimate of drug-likeness (QED) is 0.360. The van der Waals surface area contributed by atoms with Crippen molar-refractivity contribution in [3.8, 4) is 0 Å². The Kier molecular flexibility index (Phi) is 3.74. The maximum Gasteiger partial charge on any atom is 0.337 e. The zero-order chi connectivity index (χ0) is 9.78. The molecule has 2 nitrogen and oxygen atoms in total. The smallest absolute Gasteiger partial charge is 0.337 e. The lowest BCUT2D eigenvalue weighted by Crippen LogP contribution is -2.02. The molecule has 0 aliphatic heterocycles. The van der Waals surface area contributed by atoms with Crippen molar-refractivity contribution >= 4 is 5.97 Å². The van der Waals surface area contributed by atoms with E-state index in [2.05, 4.69) is 6.58 Å². The van der Waals surface area contributed by atoms with Crippen LogP contribution in [0.4, 0.5) is 0 Å². The highest BCUT2D eigenvalue weighted by Crippen LogP contribution is 2.14. The Morgan fingerprint density at radius 3 is 2.25 bits per heavy atom. The fourth-order valence-corrected chi connectivity index (χ4v) is 0.401. The first kappa shape index (κ1) is 11.0. The van der Waals surface area contributed by atoms with E-state index in [4.69, 9.17) is 4.74 Å². The lowest BCUT2D eigenvalue weighted by Gasteiger charge is -2.10. The van der Waals surface area contributed by atoms with E-state index in [0.717, 1.165) is 0 Å². The molecule has 0 rings (SSSR count). The highest BCUT2D eigenvalue weighted by atomic mass is 16.5. The standard InChI is InChI=1S/C10H16O2/c1-8(2)9(11)12-7-6-10(3,4)5/h6-7H,1H2,2-5H3/b7-6+. The van der Waals surface area contributed by atoms with Crippen molar-refractivity contribution in [2.45, 2.75) is 27.7 Å². The summed E-state index contributed by atoms with van der Waals surface area (Å²) in [4.78, 5) is 10.9. The van der Waals surface area contributed by atoms with Crippen LogP contribution in [0, 0.1) is 5.41 Å². The molecule has 0 aliphatic carbocycles. The van der Waals surface area contributed by atoms with E-state index >= 15 is 0 Å². The molecule has 0 saturated heterocycles. The van der Waals surface area contributed by atoms with Gasteiger partial charge in [-0.2, -0.15) is 0 Å². The maximum atomic E-state index is 10.9. The molecule has 0 saturated carbocycles. The van der Waals surface area contributed by atoms with Gasteiger partial charge in [0.05, 0.1) is 6.26 Å². The van der Waals surface area contributed by atoms with Crippen molar-refractivity contribution in [2.75, 3.05) is 0 Å². The topological polar surface area (TPSA) is 26.3 Å². The van der Waals surface area contributed by atoms with Gasteiger partial charge < -0.3 is 4.74 Å². The van der Waals surface area contributed by atoms with Gasteiger partial charge in [0, 0.05) is 5.57 Å². The number of rotatable bonds is 2. The normalized spacial score (nSPS) is 11.7. The number of esters is 1. The van der Waals surface area contributed by atoms with Crippen molar-refractivity contribution in [1.29, 1.82) is 0 Å². The summed E-state index contributed by atoms with van der Waals surface area (Å²) in [7, 11) is 0. The second kappa shape index (κ2) is 4.10. The molecule has 0 aromatic carbocycles. The van der Waals surface area contributed by atoms with Crippen LogP contribution in [0.5, 0.6) is 0 Å². The van der Waals surface area contributed by atoms with Crippen molar-refractivity contribution in [3.63, 3.8) is 0 Å². The molecule has 0 fully saturated rings. The zero-order valence-electron chi connectivity index (χ0n) is 8.18. The number of allylic oxidation sites excluding steroid dienone is 1. The fraction of sp³-hybridized carbons (Fsp3) is 0.500. The number of carbonyl (C=O) groups excluding carboxylic acids is 1. The van der Waals surface area contributed by atoms with Crippen LogP contribution >= 0.6 is 0 Å². The summed E-state index contributed by atoms with van der Waals surface area (Å²) < 4.78 is 4.76. The Morgan fingerprint density at radius 1 is 1.42 bits per heavy atom. The molecular weight excluding hydrogens is 152 g/mol. The molecule has 0 radical (unpaired) electrons. The van der Waals surface area contributed by atoms with Gasteiger partial charge in [0.25, 0.3) is 0 Å². The third-order valence-corrected chi connectivity index (χ3v) is 1.09. The van der Waals surface area contributed by atoms with Crippen molar-refractivity contribution in [3.05, 3.63) is 24.5 Å². The van der Waals surface area contributed by atoms with Gasteiger partial charge in [-0.25, -0.2) is 4.79 Å². The Hall–Kier alpha value is -1.05. The van der Waals surface area contributed by atoms with Crippen LogP contribution in [-0.2, 0) is 9.53 Å². The van der Waals surface area contributed by atoms with E-state index in [9.17, 15) is 4.79 Å². The van der Waals surface area contributed by atoms with Gasteiger partial charge in [0.2, 0.25) is 0 Å². The van der Waals surface area contributed by atoms with Gasteiger partial charge in [0.1, 0.15) is 0 Å². The van der Waals surface area contributed by atoms with Crippen molar-refractivity contribution in [1.82, 2.24) is 0 Å². The van der Waals surface area contributed by atoms with E-state index < -0.39 is 0 Å². The first-order valence-electron chi connectivity index (χ1n) is 3.87. The van der Waals surface area contributed by atoms with Crippen LogP contribution in [0.25, 0.3) is 0 Å². The summed E-state index contributed by atoms with van der Waals surface area (Å²) in [5.41, 5.74) is 0.448. The predicted octanol–water partition coefficient (Wildman–Crippen LogP) is 2.67. The summed E-state index contributed by atoms with van der Waals surface area (Å²) in [6, 6.07) is 0. The molecule has 0 amide bonds. The Labute approximate surface area is 73.9 Å². The predicted molar refractivity (Wildman–Crippen MR) is 49.5 cm³/mol. The molecule has 0 aliphatic rings. The van der Waals surface area contributed by atoms with Gasteiger partial charge in [-0.1, -0.05) is 27.4 Å². The van der Waals surface area contributed by atoms with E-state index in [-0.39, 0.29) is 11.4 Å². The second-order valence-corrected chi connectivity index (χ2v) is 3.85. The second-order valence-electron chi connectivity index (χ2n) is 3.85. The first-order valence-corrected chi connectivity index (χ1v) is 3.87. The van der Waals surface area contributed by atoms with E-state index in [0.29, 0.717) is 5.57 Å². The molecule has 0 unspecified atom stereocenters. The highest BCUT2D eigenvalue weighted by molar-refractivity contribution is 5.87. The first-order chi connectivity index (χ1) is 5.33. The fourth-order valence-electron chi connectivity index (χ4n) is 0.401. The molecule has 68 valence electrons. The Bertz CT molecular complexity index is 206. The highest BCUT2D eigenvalue weighted by Gasteiger charge is 2.05. The average molecular weight is 168 g/mol. The molecule has 0 aromatic heterocycles. The van der Waals surface area contributed by atoms with Crippen LogP contribution in [0.2, 0.25) is 0 Å². The molecule has 0 N–H and O–H groups in total. The average Bonchev–Trinajstić information content (AvgIpc) is 1.84. The summed E-state index contributed by atoms with van der Waals surface area (Å²) in [5, 5.41) is 0. The third-order valence-electron chi connectivity index (χ3n) is 1.09. The third kappa shape index (κ3) is 5.71. The molecule has 0 atom stereocenters. The van der Waals surface area contributed by atoms with Crippen LogP contribution in [0.3, 0.4) is 0 Å². The Balaban J connectivity index is 3.92. The summed E-state index contributed by atoms with van der Waals surface area (Å²) in [6.07, 6.45) is 3.24. The van der Waals surface area contributed by atoms with Gasteiger partial charge >= 0.3 is 5.97 Å². The number of hydrogen-bond acceptors (Lipinski definition) is 2. The van der Waals surface area contributed by atoms with Gasteiger partial charge in [-0.15, -0.1) is 0 Å². The zero-order valence-corrected chi connectivity index (χ0v) is 8.18. The molecule has 12 heavy (non-hydrogen) atoms. The molecular formula is C10H16O2. The Morgan fingerprint density at radius 2 is 1.92 bits per heavy atom. The largest absolute Gasteiger partial charge is 0.431 e. The molecule has 0 spiro atoms. The minimum Gasteiger partial charge on any atom is -0.431 e. The van der Waals surface area contributed by atoms with Crippen molar-refractivity contribution < 1.29 is 9.53 Å². The van der Waals surface area contributed by atoms with Gasteiger partial charge in [-0.05, 0) is 18.4 Å². The van der Waals surface area contributed by atoms with Gasteiger partial charge in [-0.3, -0.25) is 0 Å².